The summed E-state index contributed by atoms with van der Waals surface area (Å²) in [5.41, 5.74) is 0.987. The fourth-order valence-corrected chi connectivity index (χ4v) is 3.04. The highest BCUT2D eigenvalue weighted by Crippen LogP contribution is 2.14. The van der Waals surface area contributed by atoms with Crippen molar-refractivity contribution < 1.29 is 4.79 Å². The molecule has 1 aromatic carbocycles. The van der Waals surface area contributed by atoms with Crippen LogP contribution in [0.4, 0.5) is 0 Å². The molecule has 2 rings (SSSR count). The highest BCUT2D eigenvalue weighted by atomic mass is 35.5. The minimum absolute atomic E-state index is 0.194. The monoisotopic (exact) mass is 308 g/mol. The molecule has 1 atom stereocenters. The van der Waals surface area contributed by atoms with Crippen LogP contribution in [-0.2, 0) is 11.2 Å². The predicted octanol–water partition coefficient (Wildman–Crippen LogP) is 3.12. The summed E-state index contributed by atoms with van der Waals surface area (Å²) in [4.78, 5) is 14.6. The second kappa shape index (κ2) is 7.81. The summed E-state index contributed by atoms with van der Waals surface area (Å²) in [5, 5.41) is 4.16. The number of benzene rings is 1. The van der Waals surface area contributed by atoms with Gasteiger partial charge in [0.25, 0.3) is 0 Å². The molecule has 1 amide bonds. The summed E-state index contributed by atoms with van der Waals surface area (Å²) >= 11 is 5.99. The number of halogens is 1. The van der Waals surface area contributed by atoms with Gasteiger partial charge in [-0.2, -0.15) is 0 Å². The third-order valence-corrected chi connectivity index (χ3v) is 4.02. The first kappa shape index (κ1) is 16.3. The van der Waals surface area contributed by atoms with E-state index in [4.69, 9.17) is 11.6 Å². The summed E-state index contributed by atoms with van der Waals surface area (Å²) in [6, 6.07) is 8.03. The minimum Gasteiger partial charge on any atom is -0.341 e. The molecule has 0 aliphatic carbocycles. The number of nitrogens with one attached hydrogen (secondary N) is 1. The van der Waals surface area contributed by atoms with Gasteiger partial charge in [-0.15, -0.1) is 0 Å². The van der Waals surface area contributed by atoms with Crippen molar-refractivity contribution in [1.29, 1.82) is 0 Å². The second-order valence-electron chi connectivity index (χ2n) is 6.29. The first-order valence-corrected chi connectivity index (χ1v) is 8.18. The van der Waals surface area contributed by atoms with Crippen LogP contribution >= 0.6 is 11.6 Å². The maximum atomic E-state index is 12.6. The van der Waals surface area contributed by atoms with Crippen LogP contribution in [0, 0.1) is 5.92 Å². The topological polar surface area (TPSA) is 32.3 Å². The lowest BCUT2D eigenvalue weighted by Crippen LogP contribution is -2.43. The first-order chi connectivity index (χ1) is 10.0. The number of hydrogen-bond acceptors (Lipinski definition) is 2. The lowest BCUT2D eigenvalue weighted by atomic mass is 10.1. The molecule has 0 aromatic heterocycles. The lowest BCUT2D eigenvalue weighted by Gasteiger charge is -2.27. The van der Waals surface area contributed by atoms with E-state index in [1.54, 1.807) is 0 Å². The van der Waals surface area contributed by atoms with E-state index in [0.29, 0.717) is 23.4 Å². The Morgan fingerprint density at radius 3 is 2.90 bits per heavy atom. The van der Waals surface area contributed by atoms with E-state index in [9.17, 15) is 4.79 Å². The number of carbonyl (C=O) groups is 1. The fraction of sp³-hybridized carbons (Fsp3) is 0.588. The Hall–Kier alpha value is -1.06. The summed E-state index contributed by atoms with van der Waals surface area (Å²) < 4.78 is 0. The van der Waals surface area contributed by atoms with Crippen LogP contribution in [0.15, 0.2) is 24.3 Å². The summed E-state index contributed by atoms with van der Waals surface area (Å²) in [7, 11) is 0. The van der Waals surface area contributed by atoms with Crippen molar-refractivity contribution in [2.75, 3.05) is 19.6 Å². The van der Waals surface area contributed by atoms with Gasteiger partial charge in [0.2, 0.25) is 5.91 Å². The molecule has 0 bridgehead atoms. The highest BCUT2D eigenvalue weighted by Gasteiger charge is 2.22. The smallest absolute Gasteiger partial charge is 0.227 e. The average Bonchev–Trinajstić information content (AvgIpc) is 2.90. The average molecular weight is 309 g/mol. The van der Waals surface area contributed by atoms with Crippen molar-refractivity contribution in [3.05, 3.63) is 34.9 Å². The molecule has 1 unspecified atom stereocenters. The third-order valence-electron chi connectivity index (χ3n) is 3.79. The molecule has 4 heteroatoms. The van der Waals surface area contributed by atoms with Crippen molar-refractivity contribution in [2.24, 2.45) is 5.92 Å². The van der Waals surface area contributed by atoms with Crippen molar-refractivity contribution in [3.8, 4) is 0 Å². The molecule has 1 aliphatic rings. The molecular formula is C17H25ClN2O. The Bertz CT molecular complexity index is 470. The van der Waals surface area contributed by atoms with Gasteiger partial charge in [0.1, 0.15) is 0 Å². The molecule has 0 radical (unpaired) electrons. The number of rotatable bonds is 6. The number of amides is 1. The van der Waals surface area contributed by atoms with Gasteiger partial charge in [0.05, 0.1) is 6.42 Å². The zero-order valence-electron chi connectivity index (χ0n) is 12.9. The van der Waals surface area contributed by atoms with Gasteiger partial charge in [-0.05, 0) is 43.0 Å². The Kier molecular flexibility index (Phi) is 6.07. The number of carbonyl (C=O) groups excluding carboxylic acids is 1. The minimum atomic E-state index is 0.194. The molecule has 1 aromatic rings. The van der Waals surface area contributed by atoms with Crippen LogP contribution in [0.2, 0.25) is 5.02 Å². The van der Waals surface area contributed by atoms with Crippen molar-refractivity contribution in [1.82, 2.24) is 10.2 Å². The van der Waals surface area contributed by atoms with Gasteiger partial charge in [-0.1, -0.05) is 37.6 Å². The van der Waals surface area contributed by atoms with Crippen molar-refractivity contribution in [3.63, 3.8) is 0 Å². The number of hydrogen-bond donors (Lipinski definition) is 1. The van der Waals surface area contributed by atoms with E-state index in [1.165, 1.54) is 12.8 Å². The molecule has 1 N–H and O–H groups in total. The Labute approximate surface area is 132 Å². The van der Waals surface area contributed by atoms with E-state index in [0.717, 1.165) is 25.2 Å². The highest BCUT2D eigenvalue weighted by molar-refractivity contribution is 6.30. The molecule has 1 fully saturated rings. The van der Waals surface area contributed by atoms with Gasteiger partial charge in [0.15, 0.2) is 0 Å². The third kappa shape index (κ3) is 5.33. The molecule has 1 heterocycles. The Balaban J connectivity index is 1.98. The van der Waals surface area contributed by atoms with Crippen LogP contribution in [0.25, 0.3) is 0 Å². The van der Waals surface area contributed by atoms with Gasteiger partial charge < -0.3 is 10.2 Å². The standard InChI is InChI=1S/C17H25ClN2O/c1-13(2)11-20(12-16-7-4-8-19-16)17(21)10-14-5-3-6-15(18)9-14/h3,5-6,9,13,16,19H,4,7-8,10-12H2,1-2H3. The lowest BCUT2D eigenvalue weighted by molar-refractivity contribution is -0.131. The predicted molar refractivity (Wildman–Crippen MR) is 87.6 cm³/mol. The summed E-state index contributed by atoms with van der Waals surface area (Å²) in [6.45, 7) is 7.02. The molecule has 3 nitrogen and oxygen atoms in total. The molecule has 21 heavy (non-hydrogen) atoms. The quantitative estimate of drug-likeness (QED) is 0.876. The SMILES string of the molecule is CC(C)CN(CC1CCCN1)C(=O)Cc1cccc(Cl)c1. The maximum Gasteiger partial charge on any atom is 0.227 e. The van der Waals surface area contributed by atoms with Crippen LogP contribution < -0.4 is 5.32 Å². The molecule has 1 aliphatic heterocycles. The Morgan fingerprint density at radius 1 is 1.48 bits per heavy atom. The number of nitrogens with zero attached hydrogens (tertiary/aromatic N) is 1. The van der Waals surface area contributed by atoms with Crippen LogP contribution in [0.5, 0.6) is 0 Å². The van der Waals surface area contributed by atoms with Gasteiger partial charge >= 0.3 is 0 Å². The zero-order valence-corrected chi connectivity index (χ0v) is 13.7. The van der Waals surface area contributed by atoms with E-state index in [2.05, 4.69) is 19.2 Å². The van der Waals surface area contributed by atoms with E-state index in [-0.39, 0.29) is 5.91 Å². The summed E-state index contributed by atoms with van der Waals surface area (Å²) in [5.74, 6) is 0.675. The first-order valence-electron chi connectivity index (χ1n) is 7.80. The molecular weight excluding hydrogens is 284 g/mol. The largest absolute Gasteiger partial charge is 0.341 e. The van der Waals surface area contributed by atoms with Crippen LogP contribution in [0.1, 0.15) is 32.3 Å². The molecule has 116 valence electrons. The summed E-state index contributed by atoms with van der Waals surface area (Å²) in [6.07, 6.45) is 2.81. The maximum absolute atomic E-state index is 12.6. The van der Waals surface area contributed by atoms with Gasteiger partial charge in [-0.25, -0.2) is 0 Å². The van der Waals surface area contributed by atoms with Crippen LogP contribution in [0.3, 0.4) is 0 Å². The second-order valence-corrected chi connectivity index (χ2v) is 6.73. The van der Waals surface area contributed by atoms with Crippen LogP contribution in [-0.4, -0.2) is 36.5 Å². The van der Waals surface area contributed by atoms with Crippen molar-refractivity contribution in [2.45, 2.75) is 39.2 Å². The fourth-order valence-electron chi connectivity index (χ4n) is 2.83. The van der Waals surface area contributed by atoms with Gasteiger partial charge in [-0.3, -0.25) is 4.79 Å². The van der Waals surface area contributed by atoms with E-state index >= 15 is 0 Å². The Morgan fingerprint density at radius 2 is 2.29 bits per heavy atom. The van der Waals surface area contributed by atoms with E-state index < -0.39 is 0 Å². The normalized spacial score (nSPS) is 18.2. The zero-order chi connectivity index (χ0) is 15.2. The molecule has 0 spiro atoms. The molecule has 0 saturated carbocycles. The van der Waals surface area contributed by atoms with Gasteiger partial charge in [0, 0.05) is 24.2 Å². The van der Waals surface area contributed by atoms with Crippen molar-refractivity contribution >= 4 is 17.5 Å². The molecule has 1 saturated heterocycles. The van der Waals surface area contributed by atoms with E-state index in [1.807, 2.05) is 29.2 Å².